The van der Waals surface area contributed by atoms with Gasteiger partial charge < -0.3 is 10.6 Å². The van der Waals surface area contributed by atoms with E-state index in [0.29, 0.717) is 16.8 Å². The molecule has 0 fully saturated rings. The number of nitrogens with one attached hydrogen (secondary N) is 2. The van der Waals surface area contributed by atoms with Gasteiger partial charge >= 0.3 is 0 Å². The molecular weight excluding hydrogens is 366 g/mol. The quantitative estimate of drug-likeness (QED) is 0.724. The van der Waals surface area contributed by atoms with E-state index in [-0.39, 0.29) is 17.3 Å². The van der Waals surface area contributed by atoms with Crippen LogP contribution in [0, 0.1) is 27.7 Å². The van der Waals surface area contributed by atoms with Crippen molar-refractivity contribution in [2.24, 2.45) is 5.14 Å². The fraction of sp³-hybridized carbons (Fsp3) is 0.263. The number of nitrogens with two attached hydrogens (primary N) is 1. The van der Waals surface area contributed by atoms with Crippen LogP contribution in [-0.2, 0) is 14.8 Å². The lowest BCUT2D eigenvalue weighted by Gasteiger charge is -2.13. The Morgan fingerprint density at radius 3 is 2.22 bits per heavy atom. The van der Waals surface area contributed by atoms with Crippen LogP contribution in [0.3, 0.4) is 0 Å². The highest BCUT2D eigenvalue weighted by Gasteiger charge is 2.15. The zero-order valence-corrected chi connectivity index (χ0v) is 16.5. The van der Waals surface area contributed by atoms with Crippen LogP contribution in [0.4, 0.5) is 5.69 Å². The summed E-state index contributed by atoms with van der Waals surface area (Å²) in [6.45, 7) is 7.09. The van der Waals surface area contributed by atoms with Crippen LogP contribution < -0.4 is 15.8 Å². The average molecular weight is 389 g/mol. The number of carbonyl (C=O) groups is 2. The second-order valence-electron chi connectivity index (χ2n) is 6.49. The summed E-state index contributed by atoms with van der Waals surface area (Å²) < 4.78 is 23.1. The fourth-order valence-corrected chi connectivity index (χ4v) is 3.08. The molecule has 0 radical (unpaired) electrons. The maximum absolute atomic E-state index is 12.2. The highest BCUT2D eigenvalue weighted by molar-refractivity contribution is 7.89. The molecule has 0 bridgehead atoms. The first-order chi connectivity index (χ1) is 12.5. The lowest BCUT2D eigenvalue weighted by Crippen LogP contribution is -2.33. The predicted octanol–water partition coefficient (Wildman–Crippen LogP) is 1.94. The van der Waals surface area contributed by atoms with Crippen molar-refractivity contribution < 1.29 is 18.0 Å². The number of primary sulfonamides is 1. The number of aryl methyl sites for hydroxylation is 3. The molecule has 0 saturated heterocycles. The largest absolute Gasteiger partial charge is 0.343 e. The van der Waals surface area contributed by atoms with Crippen molar-refractivity contribution in [1.82, 2.24) is 5.32 Å². The van der Waals surface area contributed by atoms with Crippen LogP contribution in [0.1, 0.15) is 32.6 Å². The van der Waals surface area contributed by atoms with Gasteiger partial charge in [-0.05, 0) is 74.2 Å². The van der Waals surface area contributed by atoms with E-state index in [9.17, 15) is 18.0 Å². The Hall–Kier alpha value is -2.71. The number of anilines is 1. The van der Waals surface area contributed by atoms with Gasteiger partial charge in [0.25, 0.3) is 5.91 Å². The van der Waals surface area contributed by atoms with Crippen LogP contribution in [0.25, 0.3) is 0 Å². The van der Waals surface area contributed by atoms with Gasteiger partial charge in [-0.2, -0.15) is 0 Å². The van der Waals surface area contributed by atoms with Crippen molar-refractivity contribution in [2.75, 3.05) is 11.9 Å². The van der Waals surface area contributed by atoms with Crippen molar-refractivity contribution in [3.05, 3.63) is 58.1 Å². The van der Waals surface area contributed by atoms with Gasteiger partial charge in [0.15, 0.2) is 0 Å². The molecule has 4 N–H and O–H groups in total. The van der Waals surface area contributed by atoms with E-state index >= 15 is 0 Å². The monoisotopic (exact) mass is 389 g/mol. The van der Waals surface area contributed by atoms with Gasteiger partial charge in [-0.15, -0.1) is 0 Å². The highest BCUT2D eigenvalue weighted by atomic mass is 32.2. The summed E-state index contributed by atoms with van der Waals surface area (Å²) in [7, 11) is -3.89. The Kier molecular flexibility index (Phi) is 6.02. The molecule has 8 heteroatoms. The number of carbonyl (C=O) groups excluding carboxylic acids is 2. The van der Waals surface area contributed by atoms with Crippen molar-refractivity contribution in [2.45, 2.75) is 32.6 Å². The lowest BCUT2D eigenvalue weighted by molar-refractivity contribution is -0.115. The third-order valence-electron chi connectivity index (χ3n) is 4.42. The van der Waals surface area contributed by atoms with E-state index in [4.69, 9.17) is 5.14 Å². The summed E-state index contributed by atoms with van der Waals surface area (Å²) in [5.41, 5.74) is 4.26. The first-order valence-corrected chi connectivity index (χ1v) is 9.83. The van der Waals surface area contributed by atoms with E-state index in [0.717, 1.165) is 16.7 Å². The summed E-state index contributed by atoms with van der Waals surface area (Å²) in [6, 6.07) is 8.04. The number of amides is 2. The molecule has 7 nitrogen and oxygen atoms in total. The van der Waals surface area contributed by atoms with E-state index in [2.05, 4.69) is 10.6 Å². The van der Waals surface area contributed by atoms with Gasteiger partial charge in [0.2, 0.25) is 15.9 Å². The average Bonchev–Trinajstić information content (AvgIpc) is 2.58. The summed E-state index contributed by atoms with van der Waals surface area (Å²) >= 11 is 0. The minimum absolute atomic E-state index is 0.0833. The summed E-state index contributed by atoms with van der Waals surface area (Å²) in [4.78, 5) is 24.3. The van der Waals surface area contributed by atoms with Gasteiger partial charge in [0, 0.05) is 11.3 Å². The standard InChI is InChI=1S/C19H23N3O4S/c1-11-5-6-15(7-12(11)2)19(24)21-10-18(23)22-17-9-16(27(20,25)26)8-13(3)14(17)4/h5-9H,10H2,1-4H3,(H,21,24)(H,22,23)(H2,20,25,26). The van der Waals surface area contributed by atoms with Gasteiger partial charge in [0.1, 0.15) is 0 Å². The molecule has 0 heterocycles. The molecule has 0 atom stereocenters. The Balaban J connectivity index is 2.08. The molecule has 0 aliphatic heterocycles. The minimum Gasteiger partial charge on any atom is -0.343 e. The zero-order valence-electron chi connectivity index (χ0n) is 15.7. The smallest absolute Gasteiger partial charge is 0.251 e. The predicted molar refractivity (Wildman–Crippen MR) is 104 cm³/mol. The van der Waals surface area contributed by atoms with E-state index in [1.807, 2.05) is 19.9 Å². The molecule has 2 aromatic rings. The SMILES string of the molecule is Cc1ccc(C(=O)NCC(=O)Nc2cc(S(N)(=O)=O)cc(C)c2C)cc1C. The Morgan fingerprint density at radius 2 is 1.63 bits per heavy atom. The zero-order chi connectivity index (χ0) is 20.4. The van der Waals surface area contributed by atoms with Crippen molar-refractivity contribution >= 4 is 27.5 Å². The number of sulfonamides is 1. The van der Waals surface area contributed by atoms with Crippen molar-refractivity contribution in [3.8, 4) is 0 Å². The van der Waals surface area contributed by atoms with Crippen LogP contribution in [-0.4, -0.2) is 26.8 Å². The first kappa shape index (κ1) is 20.6. The summed E-state index contributed by atoms with van der Waals surface area (Å²) in [6.07, 6.45) is 0. The minimum atomic E-state index is -3.89. The van der Waals surface area contributed by atoms with Gasteiger partial charge in [-0.3, -0.25) is 9.59 Å². The number of hydrogen-bond acceptors (Lipinski definition) is 4. The van der Waals surface area contributed by atoms with Crippen LogP contribution in [0.15, 0.2) is 35.2 Å². The molecule has 0 unspecified atom stereocenters. The fourth-order valence-electron chi connectivity index (χ4n) is 2.46. The molecule has 0 spiro atoms. The van der Waals surface area contributed by atoms with Crippen LogP contribution in [0.5, 0.6) is 0 Å². The third-order valence-corrected chi connectivity index (χ3v) is 5.31. The van der Waals surface area contributed by atoms with Crippen LogP contribution >= 0.6 is 0 Å². The molecular formula is C19H23N3O4S. The Labute approximate surface area is 159 Å². The normalized spacial score (nSPS) is 11.1. The van der Waals surface area contributed by atoms with E-state index in [1.165, 1.54) is 12.1 Å². The van der Waals surface area contributed by atoms with Gasteiger partial charge in [-0.25, -0.2) is 13.6 Å². The van der Waals surface area contributed by atoms with Crippen molar-refractivity contribution in [3.63, 3.8) is 0 Å². The van der Waals surface area contributed by atoms with Crippen molar-refractivity contribution in [1.29, 1.82) is 0 Å². The molecule has 0 aliphatic rings. The molecule has 0 aromatic heterocycles. The molecule has 2 rings (SSSR count). The first-order valence-electron chi connectivity index (χ1n) is 8.28. The molecule has 0 saturated carbocycles. The molecule has 144 valence electrons. The number of benzene rings is 2. The molecule has 0 aliphatic carbocycles. The molecule has 27 heavy (non-hydrogen) atoms. The number of rotatable bonds is 5. The summed E-state index contributed by atoms with van der Waals surface area (Å²) in [5.74, 6) is -0.833. The van der Waals surface area contributed by atoms with Crippen LogP contribution in [0.2, 0.25) is 0 Å². The maximum Gasteiger partial charge on any atom is 0.251 e. The second-order valence-corrected chi connectivity index (χ2v) is 8.05. The lowest BCUT2D eigenvalue weighted by atomic mass is 10.1. The Bertz CT molecular complexity index is 1010. The Morgan fingerprint density at radius 1 is 0.963 bits per heavy atom. The van der Waals surface area contributed by atoms with Gasteiger partial charge in [0.05, 0.1) is 11.4 Å². The van der Waals surface area contributed by atoms with E-state index < -0.39 is 15.9 Å². The second kappa shape index (κ2) is 7.89. The highest BCUT2D eigenvalue weighted by Crippen LogP contribution is 2.23. The van der Waals surface area contributed by atoms with Gasteiger partial charge in [-0.1, -0.05) is 6.07 Å². The topological polar surface area (TPSA) is 118 Å². The molecule has 2 aromatic carbocycles. The molecule has 2 amide bonds. The number of hydrogen-bond donors (Lipinski definition) is 3. The maximum atomic E-state index is 12.2. The summed E-state index contributed by atoms with van der Waals surface area (Å²) in [5, 5.41) is 10.3. The third kappa shape index (κ3) is 5.15. The van der Waals surface area contributed by atoms with E-state index in [1.54, 1.807) is 26.0 Å².